The SMILES string of the molecule is C[Si]1(C)c2ccccc2-c2ccc(-c3ccc(N(c4ccc(-c5ccc6ccccc6c5)cc4)c4cccc5c4[Si](C)(C)c4ccccc4-5)cc3)cc21. The third kappa shape index (κ3) is 4.95. The maximum atomic E-state index is 2.52. The van der Waals surface area contributed by atoms with Crippen molar-refractivity contribution in [3.8, 4) is 44.5 Å². The number of benzene rings is 8. The molecule has 0 bridgehead atoms. The van der Waals surface area contributed by atoms with E-state index in [0.717, 1.165) is 0 Å². The van der Waals surface area contributed by atoms with Crippen molar-refractivity contribution in [3.63, 3.8) is 0 Å². The molecule has 0 N–H and O–H groups in total. The second kappa shape index (κ2) is 11.9. The van der Waals surface area contributed by atoms with Crippen molar-refractivity contribution in [1.29, 1.82) is 0 Å². The van der Waals surface area contributed by atoms with Crippen molar-refractivity contribution >= 4 is 64.7 Å². The van der Waals surface area contributed by atoms with E-state index in [1.165, 1.54) is 82.7 Å². The lowest BCUT2D eigenvalue weighted by Crippen LogP contribution is -2.50. The molecule has 0 saturated carbocycles. The Morgan fingerprint density at radius 2 is 0.830 bits per heavy atom. The molecular formula is C50H41NSi2. The lowest BCUT2D eigenvalue weighted by atomic mass is 9.99. The Bertz CT molecular complexity index is 2720. The first-order valence-electron chi connectivity index (χ1n) is 18.8. The number of nitrogens with zero attached hydrogens (tertiary/aromatic N) is 1. The molecule has 0 aromatic heterocycles. The van der Waals surface area contributed by atoms with Crippen LogP contribution >= 0.6 is 0 Å². The van der Waals surface area contributed by atoms with Crippen LogP contribution in [0.25, 0.3) is 55.3 Å². The van der Waals surface area contributed by atoms with Gasteiger partial charge in [0.1, 0.15) is 16.1 Å². The fourth-order valence-corrected chi connectivity index (χ4v) is 15.8. The molecule has 0 fully saturated rings. The molecule has 0 saturated heterocycles. The van der Waals surface area contributed by atoms with Crippen LogP contribution in [0.4, 0.5) is 17.1 Å². The minimum Gasteiger partial charge on any atom is -0.311 e. The van der Waals surface area contributed by atoms with Crippen LogP contribution in [0.3, 0.4) is 0 Å². The van der Waals surface area contributed by atoms with E-state index in [0.29, 0.717) is 0 Å². The van der Waals surface area contributed by atoms with Gasteiger partial charge in [0.05, 0.1) is 0 Å². The Hall–Kier alpha value is -5.75. The maximum absolute atomic E-state index is 2.52. The zero-order valence-electron chi connectivity index (χ0n) is 30.7. The first-order chi connectivity index (χ1) is 25.8. The van der Waals surface area contributed by atoms with Crippen LogP contribution in [-0.4, -0.2) is 16.1 Å². The van der Waals surface area contributed by atoms with E-state index < -0.39 is 16.1 Å². The van der Waals surface area contributed by atoms with E-state index in [-0.39, 0.29) is 0 Å². The summed E-state index contributed by atoms with van der Waals surface area (Å²) in [5.41, 5.74) is 14.2. The van der Waals surface area contributed by atoms with Crippen LogP contribution in [0.15, 0.2) is 176 Å². The Kier molecular flexibility index (Phi) is 7.17. The summed E-state index contributed by atoms with van der Waals surface area (Å²) in [5.74, 6) is 0. The van der Waals surface area contributed by atoms with Gasteiger partial charge in [-0.2, -0.15) is 0 Å². The van der Waals surface area contributed by atoms with Gasteiger partial charge in [-0.05, 0) is 112 Å². The van der Waals surface area contributed by atoms with Gasteiger partial charge < -0.3 is 4.90 Å². The van der Waals surface area contributed by atoms with E-state index in [9.17, 15) is 0 Å². The van der Waals surface area contributed by atoms with E-state index in [1.54, 1.807) is 10.4 Å². The first-order valence-corrected chi connectivity index (χ1v) is 24.8. The number of rotatable bonds is 5. The second-order valence-electron chi connectivity index (χ2n) is 15.8. The lowest BCUT2D eigenvalue weighted by molar-refractivity contribution is 1.29. The molecule has 1 nitrogen and oxygen atoms in total. The summed E-state index contributed by atoms with van der Waals surface area (Å²) in [7, 11) is -3.76. The smallest absolute Gasteiger partial charge is 0.116 e. The Balaban J connectivity index is 1.08. The van der Waals surface area contributed by atoms with Gasteiger partial charge in [0, 0.05) is 17.1 Å². The lowest BCUT2D eigenvalue weighted by Gasteiger charge is -2.31. The van der Waals surface area contributed by atoms with Crippen molar-refractivity contribution in [1.82, 2.24) is 0 Å². The summed E-state index contributed by atoms with van der Waals surface area (Å²) in [6.45, 7) is 10.0. The number of anilines is 3. The normalized spacial score (nSPS) is 14.3. The van der Waals surface area contributed by atoms with Gasteiger partial charge in [-0.3, -0.25) is 0 Å². The first kappa shape index (κ1) is 31.9. The standard InChI is InChI=1S/C50H41NSi2/c1-52(2)47-18-9-7-14-42(47)44-31-26-39(33-49(44)52)36-24-29-41(30-25-36)51(46-17-11-16-45-43-15-8-10-19-48(43)53(3,4)50(45)46)40-27-22-35(23-28-40)38-21-20-34-12-5-6-13-37(34)32-38/h5-33H,1-4H3. The molecule has 0 atom stereocenters. The van der Waals surface area contributed by atoms with Gasteiger partial charge in [-0.1, -0.05) is 166 Å². The molecule has 0 spiro atoms. The van der Waals surface area contributed by atoms with Gasteiger partial charge in [-0.25, -0.2) is 0 Å². The predicted octanol–water partition coefficient (Wildman–Crippen LogP) is 11.2. The molecule has 8 aromatic carbocycles. The molecule has 2 heterocycles. The third-order valence-electron chi connectivity index (χ3n) is 12.0. The predicted molar refractivity (Wildman–Crippen MR) is 234 cm³/mol. The number of hydrogen-bond donors (Lipinski definition) is 0. The highest BCUT2D eigenvalue weighted by molar-refractivity contribution is 7.05. The third-order valence-corrected chi connectivity index (χ3v) is 19.2. The number of fused-ring (bicyclic) bond motifs is 7. The minimum absolute atomic E-state index is 1.17. The quantitative estimate of drug-likeness (QED) is 0.161. The van der Waals surface area contributed by atoms with Gasteiger partial charge in [0.25, 0.3) is 0 Å². The minimum atomic E-state index is -2.00. The zero-order chi connectivity index (χ0) is 35.9. The summed E-state index contributed by atoms with van der Waals surface area (Å²) in [6, 6.07) is 66.1. The molecule has 10 rings (SSSR count). The second-order valence-corrected chi connectivity index (χ2v) is 24.4. The van der Waals surface area contributed by atoms with Crippen molar-refractivity contribution in [3.05, 3.63) is 176 Å². The van der Waals surface area contributed by atoms with Crippen LogP contribution in [0, 0.1) is 0 Å². The fourth-order valence-electron chi connectivity index (χ4n) is 9.29. The molecular weight excluding hydrogens is 671 g/mol. The van der Waals surface area contributed by atoms with Crippen molar-refractivity contribution in [2.75, 3.05) is 4.90 Å². The van der Waals surface area contributed by atoms with Gasteiger partial charge in [0.15, 0.2) is 0 Å². The molecule has 0 amide bonds. The molecule has 8 aromatic rings. The van der Waals surface area contributed by atoms with E-state index in [2.05, 4.69) is 207 Å². The summed E-state index contributed by atoms with van der Waals surface area (Å²) in [6.07, 6.45) is 0. The average Bonchev–Trinajstić information content (AvgIpc) is 3.58. The Labute approximate surface area is 314 Å². The number of hydrogen-bond acceptors (Lipinski definition) is 1. The molecule has 0 aliphatic carbocycles. The fraction of sp³-hybridized carbons (Fsp3) is 0.0800. The van der Waals surface area contributed by atoms with Gasteiger partial charge in [-0.15, -0.1) is 0 Å². The molecule has 53 heavy (non-hydrogen) atoms. The van der Waals surface area contributed by atoms with Crippen LogP contribution in [0.2, 0.25) is 26.2 Å². The summed E-state index contributed by atoms with van der Waals surface area (Å²) >= 11 is 0. The molecule has 3 heteroatoms. The van der Waals surface area contributed by atoms with Crippen molar-refractivity contribution in [2.24, 2.45) is 0 Å². The van der Waals surface area contributed by atoms with Crippen LogP contribution in [0.1, 0.15) is 0 Å². The van der Waals surface area contributed by atoms with E-state index in [1.807, 2.05) is 0 Å². The van der Waals surface area contributed by atoms with Gasteiger partial charge >= 0.3 is 0 Å². The van der Waals surface area contributed by atoms with Crippen LogP contribution < -0.4 is 25.6 Å². The summed E-state index contributed by atoms with van der Waals surface area (Å²) in [5, 5.41) is 8.66. The van der Waals surface area contributed by atoms with E-state index in [4.69, 9.17) is 0 Å². The monoisotopic (exact) mass is 711 g/mol. The van der Waals surface area contributed by atoms with Crippen LogP contribution in [0.5, 0.6) is 0 Å². The Morgan fingerprint density at radius 1 is 0.340 bits per heavy atom. The molecule has 2 aliphatic rings. The van der Waals surface area contributed by atoms with Crippen molar-refractivity contribution < 1.29 is 0 Å². The Morgan fingerprint density at radius 3 is 1.51 bits per heavy atom. The zero-order valence-corrected chi connectivity index (χ0v) is 32.7. The van der Waals surface area contributed by atoms with Crippen LogP contribution in [-0.2, 0) is 0 Å². The molecule has 2 aliphatic heterocycles. The summed E-state index contributed by atoms with van der Waals surface area (Å²) in [4.78, 5) is 2.50. The largest absolute Gasteiger partial charge is 0.311 e. The topological polar surface area (TPSA) is 3.24 Å². The maximum Gasteiger partial charge on any atom is 0.116 e. The highest BCUT2D eigenvalue weighted by atomic mass is 28.3. The molecule has 0 unspecified atom stereocenters. The van der Waals surface area contributed by atoms with Crippen molar-refractivity contribution in [2.45, 2.75) is 26.2 Å². The highest BCUT2D eigenvalue weighted by Gasteiger charge is 2.41. The summed E-state index contributed by atoms with van der Waals surface area (Å²) < 4.78 is 0. The van der Waals surface area contributed by atoms with E-state index >= 15 is 0 Å². The average molecular weight is 712 g/mol. The highest BCUT2D eigenvalue weighted by Crippen LogP contribution is 2.41. The molecule has 254 valence electrons. The van der Waals surface area contributed by atoms with Gasteiger partial charge in [0.2, 0.25) is 0 Å². The molecule has 0 radical (unpaired) electrons.